The molecule has 1 aromatic carbocycles. The standard InChI is InChI=1S/C18H26N2O2S/c21-18(15-4-8-19-9-5-15)20-16-3-1-2-14(12-16)13-23-17-6-10-22-11-7-17/h1-3,12,15,17,19H,4-11,13H2,(H,20,21). The predicted octanol–water partition coefficient (Wildman–Crippen LogP) is 3.04. The van der Waals surface area contributed by atoms with Crippen molar-refractivity contribution in [1.29, 1.82) is 0 Å². The summed E-state index contributed by atoms with van der Waals surface area (Å²) in [6.07, 6.45) is 4.17. The molecule has 0 radical (unpaired) electrons. The number of thioether (sulfide) groups is 1. The number of ether oxygens (including phenoxy) is 1. The summed E-state index contributed by atoms with van der Waals surface area (Å²) in [5.74, 6) is 1.32. The molecule has 1 aromatic rings. The SMILES string of the molecule is O=C(Nc1cccc(CSC2CCOCC2)c1)C1CCNCC1. The second-order valence-corrected chi connectivity index (χ2v) is 7.63. The molecule has 2 aliphatic heterocycles. The maximum atomic E-state index is 12.3. The van der Waals surface area contributed by atoms with Crippen molar-refractivity contribution in [2.75, 3.05) is 31.6 Å². The van der Waals surface area contributed by atoms with Gasteiger partial charge in [0.15, 0.2) is 0 Å². The molecule has 2 fully saturated rings. The topological polar surface area (TPSA) is 50.4 Å². The van der Waals surface area contributed by atoms with E-state index in [9.17, 15) is 4.79 Å². The lowest BCUT2D eigenvalue weighted by Gasteiger charge is -2.22. The summed E-state index contributed by atoms with van der Waals surface area (Å²) in [6, 6.07) is 8.29. The molecule has 0 atom stereocenters. The second-order valence-electron chi connectivity index (χ2n) is 6.34. The van der Waals surface area contributed by atoms with Crippen LogP contribution >= 0.6 is 11.8 Å². The van der Waals surface area contributed by atoms with E-state index in [-0.39, 0.29) is 11.8 Å². The molecule has 126 valence electrons. The third-order valence-corrected chi connectivity index (χ3v) is 6.00. The molecule has 0 bridgehead atoms. The van der Waals surface area contributed by atoms with Crippen LogP contribution < -0.4 is 10.6 Å². The number of hydrogen-bond acceptors (Lipinski definition) is 4. The highest BCUT2D eigenvalue weighted by Crippen LogP contribution is 2.26. The Labute approximate surface area is 142 Å². The Morgan fingerprint density at radius 2 is 2.00 bits per heavy atom. The molecule has 3 rings (SSSR count). The van der Waals surface area contributed by atoms with Gasteiger partial charge in [-0.15, -0.1) is 0 Å². The number of carbonyl (C=O) groups is 1. The summed E-state index contributed by atoms with van der Waals surface area (Å²) in [4.78, 5) is 12.3. The Hall–Kier alpha value is -1.04. The molecular weight excluding hydrogens is 308 g/mol. The Kier molecular flexibility index (Phi) is 6.37. The first-order chi connectivity index (χ1) is 11.3. The fourth-order valence-electron chi connectivity index (χ4n) is 3.12. The van der Waals surface area contributed by atoms with Gasteiger partial charge in [-0.1, -0.05) is 12.1 Å². The van der Waals surface area contributed by atoms with Crippen molar-refractivity contribution in [3.05, 3.63) is 29.8 Å². The summed E-state index contributed by atoms with van der Waals surface area (Å²) in [5, 5.41) is 7.10. The minimum absolute atomic E-state index is 0.150. The first kappa shape index (κ1) is 16.8. The van der Waals surface area contributed by atoms with E-state index in [0.29, 0.717) is 5.25 Å². The van der Waals surface area contributed by atoms with Crippen molar-refractivity contribution in [2.24, 2.45) is 5.92 Å². The highest BCUT2D eigenvalue weighted by atomic mass is 32.2. The van der Waals surface area contributed by atoms with Crippen molar-refractivity contribution in [3.8, 4) is 0 Å². The van der Waals surface area contributed by atoms with Crippen LogP contribution in [0.5, 0.6) is 0 Å². The molecule has 5 heteroatoms. The van der Waals surface area contributed by atoms with Crippen molar-refractivity contribution in [2.45, 2.75) is 36.7 Å². The van der Waals surface area contributed by atoms with E-state index in [1.807, 2.05) is 23.9 Å². The normalized spacial score (nSPS) is 20.3. The Bertz CT molecular complexity index is 511. The monoisotopic (exact) mass is 334 g/mol. The first-order valence-corrected chi connectivity index (χ1v) is 9.66. The van der Waals surface area contributed by atoms with Gasteiger partial charge in [0, 0.05) is 35.8 Å². The van der Waals surface area contributed by atoms with Crippen molar-refractivity contribution < 1.29 is 9.53 Å². The number of amides is 1. The van der Waals surface area contributed by atoms with E-state index in [1.165, 1.54) is 5.56 Å². The Balaban J connectivity index is 1.51. The molecule has 2 N–H and O–H groups in total. The van der Waals surface area contributed by atoms with E-state index < -0.39 is 0 Å². The predicted molar refractivity (Wildman–Crippen MR) is 95.8 cm³/mol. The molecule has 0 spiro atoms. The second kappa shape index (κ2) is 8.71. The van der Waals surface area contributed by atoms with Crippen molar-refractivity contribution in [1.82, 2.24) is 5.32 Å². The van der Waals surface area contributed by atoms with E-state index in [2.05, 4.69) is 22.8 Å². The van der Waals surface area contributed by atoms with Crippen LogP contribution in [0.25, 0.3) is 0 Å². The van der Waals surface area contributed by atoms with Crippen LogP contribution in [0.2, 0.25) is 0 Å². The molecule has 0 aliphatic carbocycles. The van der Waals surface area contributed by atoms with E-state index >= 15 is 0 Å². The van der Waals surface area contributed by atoms with E-state index in [4.69, 9.17) is 4.74 Å². The molecule has 4 nitrogen and oxygen atoms in total. The van der Waals surface area contributed by atoms with E-state index in [0.717, 1.165) is 63.4 Å². The molecule has 0 saturated carbocycles. The van der Waals surface area contributed by atoms with Gasteiger partial charge in [0.2, 0.25) is 5.91 Å². The molecule has 1 amide bonds. The number of nitrogens with one attached hydrogen (secondary N) is 2. The zero-order valence-electron chi connectivity index (χ0n) is 13.6. The van der Waals surface area contributed by atoms with Gasteiger partial charge in [0.05, 0.1) is 0 Å². The Morgan fingerprint density at radius 3 is 2.78 bits per heavy atom. The number of carbonyl (C=O) groups excluding carboxylic acids is 1. The maximum Gasteiger partial charge on any atom is 0.227 e. The number of benzene rings is 1. The van der Waals surface area contributed by atoms with Crippen LogP contribution in [-0.2, 0) is 15.3 Å². The van der Waals surface area contributed by atoms with Gasteiger partial charge in [-0.05, 0) is 56.5 Å². The van der Waals surface area contributed by atoms with Crippen LogP contribution in [0, 0.1) is 5.92 Å². The lowest BCUT2D eigenvalue weighted by molar-refractivity contribution is -0.120. The van der Waals surface area contributed by atoms with Gasteiger partial charge in [-0.2, -0.15) is 11.8 Å². The van der Waals surface area contributed by atoms with Gasteiger partial charge in [-0.3, -0.25) is 4.79 Å². The zero-order valence-corrected chi connectivity index (χ0v) is 14.4. The summed E-state index contributed by atoms with van der Waals surface area (Å²) >= 11 is 2.01. The number of rotatable bonds is 5. The molecule has 2 saturated heterocycles. The average Bonchev–Trinajstić information content (AvgIpc) is 2.62. The smallest absolute Gasteiger partial charge is 0.227 e. The van der Waals surface area contributed by atoms with Gasteiger partial charge >= 0.3 is 0 Å². The minimum atomic E-state index is 0.150. The van der Waals surface area contributed by atoms with Crippen molar-refractivity contribution >= 4 is 23.4 Å². The summed E-state index contributed by atoms with van der Waals surface area (Å²) in [6.45, 7) is 3.67. The zero-order chi connectivity index (χ0) is 15.9. The van der Waals surface area contributed by atoms with Crippen molar-refractivity contribution in [3.63, 3.8) is 0 Å². The van der Waals surface area contributed by atoms with Crippen LogP contribution in [0.15, 0.2) is 24.3 Å². The van der Waals surface area contributed by atoms with Gasteiger partial charge < -0.3 is 15.4 Å². The van der Waals surface area contributed by atoms with Crippen LogP contribution in [0.1, 0.15) is 31.2 Å². The highest BCUT2D eigenvalue weighted by Gasteiger charge is 2.21. The van der Waals surface area contributed by atoms with Crippen LogP contribution in [0.3, 0.4) is 0 Å². The molecule has 2 heterocycles. The van der Waals surface area contributed by atoms with E-state index in [1.54, 1.807) is 0 Å². The fraction of sp³-hybridized carbons (Fsp3) is 0.611. The summed E-state index contributed by atoms with van der Waals surface area (Å²) < 4.78 is 5.41. The third-order valence-electron chi connectivity index (χ3n) is 4.56. The lowest BCUT2D eigenvalue weighted by Crippen LogP contribution is -2.34. The number of piperidine rings is 1. The number of hydrogen-bond donors (Lipinski definition) is 2. The van der Waals surface area contributed by atoms with Gasteiger partial charge in [0.1, 0.15) is 0 Å². The number of anilines is 1. The fourth-order valence-corrected chi connectivity index (χ4v) is 4.26. The van der Waals surface area contributed by atoms with Crippen LogP contribution in [0.4, 0.5) is 5.69 Å². The molecule has 0 unspecified atom stereocenters. The first-order valence-electron chi connectivity index (χ1n) is 8.61. The lowest BCUT2D eigenvalue weighted by atomic mass is 9.97. The quantitative estimate of drug-likeness (QED) is 0.869. The largest absolute Gasteiger partial charge is 0.381 e. The molecule has 2 aliphatic rings. The van der Waals surface area contributed by atoms with Gasteiger partial charge in [0.25, 0.3) is 0 Å². The molecule has 23 heavy (non-hydrogen) atoms. The molecule has 0 aromatic heterocycles. The maximum absolute atomic E-state index is 12.3. The molecular formula is C18H26N2O2S. The minimum Gasteiger partial charge on any atom is -0.381 e. The van der Waals surface area contributed by atoms with Crippen LogP contribution in [-0.4, -0.2) is 37.5 Å². The highest BCUT2D eigenvalue weighted by molar-refractivity contribution is 7.99. The van der Waals surface area contributed by atoms with Gasteiger partial charge in [-0.25, -0.2) is 0 Å². The Morgan fingerprint density at radius 1 is 1.22 bits per heavy atom. The average molecular weight is 334 g/mol. The summed E-state index contributed by atoms with van der Waals surface area (Å²) in [5.41, 5.74) is 2.21. The third kappa shape index (κ3) is 5.23. The summed E-state index contributed by atoms with van der Waals surface area (Å²) in [7, 11) is 0.